The van der Waals surface area contributed by atoms with E-state index < -0.39 is 10.1 Å². The summed E-state index contributed by atoms with van der Waals surface area (Å²) in [7, 11) is -1.97. The maximum Gasteiger partial charge on any atom is 0.103 e. The molecule has 0 saturated heterocycles. The second-order valence-corrected chi connectivity index (χ2v) is 5.86. The minimum Gasteiger partial charge on any atom is -0.748 e. The fourth-order valence-electron chi connectivity index (χ4n) is 1.74. The highest BCUT2D eigenvalue weighted by molar-refractivity contribution is 7.85. The number of rotatable bonds is 7. The van der Waals surface area contributed by atoms with Gasteiger partial charge in [-0.25, -0.2) is 8.42 Å². The lowest BCUT2D eigenvalue weighted by molar-refractivity contribution is -0.894. The molecule has 1 N–H and O–H groups in total. The largest absolute Gasteiger partial charge is 0.748 e. The number of hydrogen-bond acceptors (Lipinski definition) is 3. The molecule has 5 heteroatoms. The van der Waals surface area contributed by atoms with Crippen molar-refractivity contribution in [2.45, 2.75) is 19.4 Å². The molecule has 0 aliphatic heterocycles. The average Bonchev–Trinajstić information content (AvgIpc) is 2.25. The molecule has 17 heavy (non-hydrogen) atoms. The summed E-state index contributed by atoms with van der Waals surface area (Å²) in [5, 5.41) is 0. The summed E-state index contributed by atoms with van der Waals surface area (Å²) in [5.41, 5.74) is 1.27. The zero-order valence-electron chi connectivity index (χ0n) is 10.1. The maximum absolute atomic E-state index is 10.4. The van der Waals surface area contributed by atoms with Crippen molar-refractivity contribution >= 4 is 10.1 Å². The molecule has 0 radical (unpaired) electrons. The summed E-state index contributed by atoms with van der Waals surface area (Å²) in [6.07, 6.45) is 1.22. The van der Waals surface area contributed by atoms with E-state index in [1.54, 1.807) is 0 Å². The molecule has 0 spiro atoms. The van der Waals surface area contributed by atoms with Crippen LogP contribution in [0.1, 0.15) is 18.4 Å². The van der Waals surface area contributed by atoms with Crippen molar-refractivity contribution in [3.8, 4) is 0 Å². The van der Waals surface area contributed by atoms with Crippen LogP contribution in [0.25, 0.3) is 0 Å². The Morgan fingerprint density at radius 1 is 1.18 bits per heavy atom. The fraction of sp³-hybridized carbons (Fsp3) is 0.500. The second-order valence-electron chi connectivity index (χ2n) is 4.34. The molecular weight excluding hydrogens is 238 g/mol. The lowest BCUT2D eigenvalue weighted by Crippen LogP contribution is -3.07. The predicted molar refractivity (Wildman–Crippen MR) is 65.7 cm³/mol. The van der Waals surface area contributed by atoms with E-state index in [9.17, 15) is 13.0 Å². The Hall–Kier alpha value is -0.910. The van der Waals surface area contributed by atoms with E-state index in [1.165, 1.54) is 10.5 Å². The van der Waals surface area contributed by atoms with Gasteiger partial charge in [0, 0.05) is 11.3 Å². The molecule has 1 aromatic carbocycles. The third-order valence-electron chi connectivity index (χ3n) is 2.60. The quantitative estimate of drug-likeness (QED) is 0.553. The molecule has 0 bridgehead atoms. The minimum atomic E-state index is -4.04. The van der Waals surface area contributed by atoms with Crippen LogP contribution in [0.5, 0.6) is 0 Å². The van der Waals surface area contributed by atoms with Gasteiger partial charge < -0.3 is 9.45 Å². The van der Waals surface area contributed by atoms with E-state index in [0.717, 1.165) is 19.5 Å². The highest BCUT2D eigenvalue weighted by Crippen LogP contribution is 1.95. The zero-order valence-corrected chi connectivity index (χ0v) is 10.9. The van der Waals surface area contributed by atoms with Crippen LogP contribution < -0.4 is 4.90 Å². The monoisotopic (exact) mass is 257 g/mol. The van der Waals surface area contributed by atoms with Crippen molar-refractivity contribution < 1.29 is 17.9 Å². The van der Waals surface area contributed by atoms with Gasteiger partial charge in [-0.1, -0.05) is 30.3 Å². The van der Waals surface area contributed by atoms with Crippen LogP contribution in [-0.2, 0) is 16.7 Å². The van der Waals surface area contributed by atoms with Gasteiger partial charge in [0.05, 0.1) is 23.7 Å². The van der Waals surface area contributed by atoms with Gasteiger partial charge in [0.15, 0.2) is 0 Å². The SMILES string of the molecule is C[NH+](CCCCS(=O)(=O)[O-])Cc1ccccc1. The van der Waals surface area contributed by atoms with E-state index in [2.05, 4.69) is 19.2 Å². The Kier molecular flexibility index (Phi) is 5.61. The topological polar surface area (TPSA) is 61.6 Å². The highest BCUT2D eigenvalue weighted by Gasteiger charge is 2.03. The average molecular weight is 257 g/mol. The van der Waals surface area contributed by atoms with E-state index in [4.69, 9.17) is 0 Å². The van der Waals surface area contributed by atoms with Gasteiger partial charge in [-0.05, 0) is 12.8 Å². The van der Waals surface area contributed by atoms with Crippen LogP contribution >= 0.6 is 0 Å². The van der Waals surface area contributed by atoms with Crippen molar-refractivity contribution in [1.82, 2.24) is 0 Å². The lowest BCUT2D eigenvalue weighted by Gasteiger charge is -2.14. The second kappa shape index (κ2) is 6.74. The first-order valence-corrected chi connectivity index (χ1v) is 7.34. The summed E-state index contributed by atoms with van der Waals surface area (Å²) in [4.78, 5) is 1.32. The third kappa shape index (κ3) is 7.10. The Bertz CT molecular complexity index is 417. The fourth-order valence-corrected chi connectivity index (χ4v) is 2.30. The van der Waals surface area contributed by atoms with Crippen LogP contribution in [0.4, 0.5) is 0 Å². The number of benzene rings is 1. The predicted octanol–water partition coefficient (Wildman–Crippen LogP) is 0.0267. The van der Waals surface area contributed by atoms with Crippen LogP contribution in [0.2, 0.25) is 0 Å². The summed E-state index contributed by atoms with van der Waals surface area (Å²) in [5.74, 6) is -0.244. The van der Waals surface area contributed by atoms with Crippen LogP contribution in [0.3, 0.4) is 0 Å². The Morgan fingerprint density at radius 2 is 1.82 bits per heavy atom. The van der Waals surface area contributed by atoms with E-state index in [1.807, 2.05) is 18.2 Å². The van der Waals surface area contributed by atoms with E-state index >= 15 is 0 Å². The molecule has 4 nitrogen and oxygen atoms in total. The standard InChI is InChI=1S/C12H19NO3S/c1-13(9-5-6-10-17(14,15)16)11-12-7-3-2-4-8-12/h2-4,7-8H,5-6,9-11H2,1H3,(H,14,15,16). The van der Waals surface area contributed by atoms with Gasteiger partial charge >= 0.3 is 0 Å². The molecule has 0 heterocycles. The molecular formula is C12H19NO3S. The first kappa shape index (κ1) is 14.2. The zero-order chi connectivity index (χ0) is 12.7. The number of quaternary nitrogens is 1. The molecule has 0 saturated carbocycles. The molecule has 1 atom stereocenters. The highest BCUT2D eigenvalue weighted by atomic mass is 32.2. The maximum atomic E-state index is 10.4. The molecule has 1 aromatic rings. The molecule has 0 amide bonds. The molecule has 1 unspecified atom stereocenters. The number of hydrogen-bond donors (Lipinski definition) is 1. The smallest absolute Gasteiger partial charge is 0.103 e. The Labute approximate surface area is 103 Å². The molecule has 0 aromatic heterocycles. The first-order valence-electron chi connectivity index (χ1n) is 5.76. The number of unbranched alkanes of at least 4 members (excludes halogenated alkanes) is 1. The van der Waals surface area contributed by atoms with Crippen molar-refractivity contribution in [1.29, 1.82) is 0 Å². The summed E-state index contributed by atoms with van der Waals surface area (Å²) in [6.45, 7) is 1.80. The third-order valence-corrected chi connectivity index (χ3v) is 3.39. The van der Waals surface area contributed by atoms with Gasteiger partial charge in [-0.3, -0.25) is 0 Å². The van der Waals surface area contributed by atoms with Crippen LogP contribution in [0.15, 0.2) is 30.3 Å². The molecule has 0 aliphatic carbocycles. The normalized spacial score (nSPS) is 13.5. The van der Waals surface area contributed by atoms with Gasteiger partial charge in [0.25, 0.3) is 0 Å². The van der Waals surface area contributed by atoms with Gasteiger partial charge in [-0.2, -0.15) is 0 Å². The Morgan fingerprint density at radius 3 is 2.41 bits per heavy atom. The summed E-state index contributed by atoms with van der Waals surface area (Å²) < 4.78 is 31.2. The van der Waals surface area contributed by atoms with Gasteiger partial charge in [0.2, 0.25) is 0 Å². The molecule has 0 aliphatic rings. The van der Waals surface area contributed by atoms with E-state index in [0.29, 0.717) is 6.42 Å². The van der Waals surface area contributed by atoms with Crippen LogP contribution in [0, 0.1) is 0 Å². The summed E-state index contributed by atoms with van der Waals surface area (Å²) in [6, 6.07) is 10.1. The first-order chi connectivity index (χ1) is 7.97. The van der Waals surface area contributed by atoms with Crippen molar-refractivity contribution in [3.05, 3.63) is 35.9 Å². The molecule has 1 rings (SSSR count). The molecule has 0 fully saturated rings. The van der Waals surface area contributed by atoms with Gasteiger partial charge in [-0.15, -0.1) is 0 Å². The van der Waals surface area contributed by atoms with Crippen LogP contribution in [-0.4, -0.2) is 32.3 Å². The van der Waals surface area contributed by atoms with Crippen molar-refractivity contribution in [2.75, 3.05) is 19.3 Å². The molecule has 96 valence electrons. The lowest BCUT2D eigenvalue weighted by atomic mass is 10.2. The van der Waals surface area contributed by atoms with Gasteiger partial charge in [0.1, 0.15) is 6.54 Å². The van der Waals surface area contributed by atoms with Crippen molar-refractivity contribution in [2.24, 2.45) is 0 Å². The van der Waals surface area contributed by atoms with Crippen molar-refractivity contribution in [3.63, 3.8) is 0 Å². The summed E-state index contributed by atoms with van der Waals surface area (Å²) >= 11 is 0. The minimum absolute atomic E-state index is 0.244. The van der Waals surface area contributed by atoms with E-state index in [-0.39, 0.29) is 5.75 Å². The Balaban J connectivity index is 2.20. The number of nitrogens with one attached hydrogen (secondary N) is 1.